The van der Waals surface area contributed by atoms with E-state index in [9.17, 15) is 9.59 Å². The van der Waals surface area contributed by atoms with E-state index in [0.29, 0.717) is 29.9 Å². The molecule has 6 nitrogen and oxygen atoms in total. The van der Waals surface area contributed by atoms with Gasteiger partial charge in [0.15, 0.2) is 0 Å². The molecule has 0 bridgehead atoms. The zero-order valence-electron chi connectivity index (χ0n) is 16.7. The van der Waals surface area contributed by atoms with Gasteiger partial charge in [0.05, 0.1) is 24.9 Å². The Labute approximate surface area is 160 Å². The number of esters is 2. The van der Waals surface area contributed by atoms with Crippen molar-refractivity contribution in [2.75, 3.05) is 13.7 Å². The van der Waals surface area contributed by atoms with Gasteiger partial charge in [0.25, 0.3) is 0 Å². The van der Waals surface area contributed by atoms with Crippen LogP contribution in [0.5, 0.6) is 0 Å². The molecule has 1 aromatic rings. The number of hydrogen-bond acceptors (Lipinski definition) is 6. The SMILES string of the molecule is COC(=O)C1=C(C)NC(C)=C(C(=O)OCCCc2cccnc2)C1C(C)C. The van der Waals surface area contributed by atoms with E-state index in [4.69, 9.17) is 9.47 Å². The van der Waals surface area contributed by atoms with Gasteiger partial charge in [-0.15, -0.1) is 0 Å². The first-order valence-corrected chi connectivity index (χ1v) is 9.19. The lowest BCUT2D eigenvalue weighted by molar-refractivity contribution is -0.140. The second-order valence-corrected chi connectivity index (χ2v) is 7.02. The van der Waals surface area contributed by atoms with Crippen LogP contribution in [0.1, 0.15) is 39.7 Å². The fourth-order valence-corrected chi connectivity index (χ4v) is 3.43. The van der Waals surface area contributed by atoms with Crippen molar-refractivity contribution in [1.82, 2.24) is 10.3 Å². The second-order valence-electron chi connectivity index (χ2n) is 7.02. The molecule has 0 radical (unpaired) electrons. The van der Waals surface area contributed by atoms with Crippen molar-refractivity contribution in [2.45, 2.75) is 40.5 Å². The van der Waals surface area contributed by atoms with Crippen LogP contribution in [-0.2, 0) is 25.5 Å². The van der Waals surface area contributed by atoms with Gasteiger partial charge in [0.1, 0.15) is 0 Å². The van der Waals surface area contributed by atoms with Gasteiger partial charge in [0.2, 0.25) is 0 Å². The molecule has 2 rings (SSSR count). The molecule has 0 spiro atoms. The number of aromatic nitrogens is 1. The summed E-state index contributed by atoms with van der Waals surface area (Å²) in [5.74, 6) is -1.12. The van der Waals surface area contributed by atoms with Crippen molar-refractivity contribution in [2.24, 2.45) is 11.8 Å². The third-order valence-electron chi connectivity index (χ3n) is 4.66. The molecular weight excluding hydrogens is 344 g/mol. The number of carbonyl (C=O) groups is 2. The van der Waals surface area contributed by atoms with Crippen LogP contribution >= 0.6 is 0 Å². The van der Waals surface area contributed by atoms with Gasteiger partial charge in [-0.3, -0.25) is 4.98 Å². The molecular formula is C21H28N2O4. The molecule has 0 saturated carbocycles. The molecule has 0 amide bonds. The zero-order chi connectivity index (χ0) is 20.0. The molecule has 6 heteroatoms. The zero-order valence-corrected chi connectivity index (χ0v) is 16.7. The fourth-order valence-electron chi connectivity index (χ4n) is 3.43. The normalized spacial score (nSPS) is 17.0. The summed E-state index contributed by atoms with van der Waals surface area (Å²) in [6, 6.07) is 3.89. The minimum absolute atomic E-state index is 0.0454. The second kappa shape index (κ2) is 9.35. The number of nitrogens with one attached hydrogen (secondary N) is 1. The van der Waals surface area contributed by atoms with E-state index in [1.165, 1.54) is 7.11 Å². The fraction of sp³-hybridized carbons (Fsp3) is 0.476. The number of allylic oxidation sites excluding steroid dienone is 2. The maximum atomic E-state index is 12.8. The maximum absolute atomic E-state index is 12.8. The predicted molar refractivity (Wildman–Crippen MR) is 102 cm³/mol. The molecule has 1 atom stereocenters. The minimum atomic E-state index is -0.423. The number of hydrogen-bond donors (Lipinski definition) is 1. The lowest BCUT2D eigenvalue weighted by atomic mass is 9.78. The first-order valence-electron chi connectivity index (χ1n) is 9.19. The molecule has 0 aromatic carbocycles. The lowest BCUT2D eigenvalue weighted by Crippen LogP contribution is -2.35. The lowest BCUT2D eigenvalue weighted by Gasteiger charge is -2.32. The first-order chi connectivity index (χ1) is 12.9. The molecule has 1 N–H and O–H groups in total. The molecule has 0 fully saturated rings. The number of aryl methyl sites for hydroxylation is 1. The van der Waals surface area contributed by atoms with Crippen LogP contribution in [-0.4, -0.2) is 30.6 Å². The third kappa shape index (κ3) is 4.96. The van der Waals surface area contributed by atoms with Crippen LogP contribution in [0, 0.1) is 11.8 Å². The molecule has 1 aliphatic rings. The van der Waals surface area contributed by atoms with Crippen molar-refractivity contribution in [3.8, 4) is 0 Å². The topological polar surface area (TPSA) is 77.5 Å². The van der Waals surface area contributed by atoms with Crippen LogP contribution in [0.4, 0.5) is 0 Å². The van der Waals surface area contributed by atoms with E-state index in [0.717, 1.165) is 17.7 Å². The van der Waals surface area contributed by atoms with Gasteiger partial charge in [-0.25, -0.2) is 9.59 Å². The number of rotatable bonds is 7. The quantitative estimate of drug-likeness (QED) is 0.585. The molecule has 0 aliphatic carbocycles. The summed E-state index contributed by atoms with van der Waals surface area (Å²) in [6.07, 6.45) is 5.04. The largest absolute Gasteiger partial charge is 0.466 e. The Balaban J connectivity index is 2.08. The summed E-state index contributed by atoms with van der Waals surface area (Å²) in [6.45, 7) is 7.93. The van der Waals surface area contributed by atoms with Crippen molar-refractivity contribution < 1.29 is 19.1 Å². The number of dihydropyridines is 1. The predicted octanol–water partition coefficient (Wildman–Crippen LogP) is 3.15. The van der Waals surface area contributed by atoms with E-state index in [2.05, 4.69) is 10.3 Å². The average Bonchev–Trinajstić information content (AvgIpc) is 2.64. The van der Waals surface area contributed by atoms with Crippen LogP contribution in [0.25, 0.3) is 0 Å². The molecule has 1 aromatic heterocycles. The Morgan fingerprint density at radius 2 is 1.85 bits per heavy atom. The van der Waals surface area contributed by atoms with Crippen LogP contribution in [0.15, 0.2) is 47.1 Å². The smallest absolute Gasteiger partial charge is 0.336 e. The van der Waals surface area contributed by atoms with Crippen molar-refractivity contribution >= 4 is 11.9 Å². The number of nitrogens with zero attached hydrogens (tertiary/aromatic N) is 1. The van der Waals surface area contributed by atoms with E-state index in [-0.39, 0.29) is 11.8 Å². The van der Waals surface area contributed by atoms with E-state index >= 15 is 0 Å². The van der Waals surface area contributed by atoms with Gasteiger partial charge in [-0.2, -0.15) is 0 Å². The summed E-state index contributed by atoms with van der Waals surface area (Å²) in [5, 5.41) is 3.13. The Morgan fingerprint density at radius 1 is 1.19 bits per heavy atom. The van der Waals surface area contributed by atoms with Crippen LogP contribution in [0.2, 0.25) is 0 Å². The Hall–Kier alpha value is -2.63. The van der Waals surface area contributed by atoms with Gasteiger partial charge in [-0.1, -0.05) is 19.9 Å². The highest BCUT2D eigenvalue weighted by Gasteiger charge is 2.38. The highest BCUT2D eigenvalue weighted by molar-refractivity contribution is 5.97. The number of ether oxygens (including phenoxy) is 2. The van der Waals surface area contributed by atoms with Gasteiger partial charge >= 0.3 is 11.9 Å². The molecule has 2 heterocycles. The van der Waals surface area contributed by atoms with Crippen molar-refractivity contribution in [3.05, 3.63) is 52.6 Å². The maximum Gasteiger partial charge on any atom is 0.336 e. The van der Waals surface area contributed by atoms with E-state index in [1.807, 2.05) is 46.0 Å². The van der Waals surface area contributed by atoms with Crippen LogP contribution in [0.3, 0.4) is 0 Å². The van der Waals surface area contributed by atoms with E-state index in [1.54, 1.807) is 6.20 Å². The summed E-state index contributed by atoms with van der Waals surface area (Å²) >= 11 is 0. The Kier molecular flexibility index (Phi) is 7.16. The first kappa shape index (κ1) is 20.7. The highest BCUT2D eigenvalue weighted by Crippen LogP contribution is 2.36. The summed E-state index contributed by atoms with van der Waals surface area (Å²) in [4.78, 5) is 29.2. The number of methoxy groups -OCH3 is 1. The standard InChI is InChI=1S/C21H28N2O4/c1-13(2)17-18(20(24)26-5)14(3)23-15(4)19(17)21(25)27-11-7-9-16-8-6-10-22-12-16/h6,8,10,12-13,17,23H,7,9,11H2,1-5H3. The highest BCUT2D eigenvalue weighted by atomic mass is 16.5. The van der Waals surface area contributed by atoms with Gasteiger partial charge in [0, 0.05) is 29.7 Å². The Morgan fingerprint density at radius 3 is 2.41 bits per heavy atom. The summed E-state index contributed by atoms with van der Waals surface area (Å²) < 4.78 is 10.5. The molecule has 27 heavy (non-hydrogen) atoms. The van der Waals surface area contributed by atoms with Crippen molar-refractivity contribution in [1.29, 1.82) is 0 Å². The Bertz CT molecular complexity index is 751. The summed E-state index contributed by atoms with van der Waals surface area (Å²) in [5.41, 5.74) is 3.52. The summed E-state index contributed by atoms with van der Waals surface area (Å²) in [7, 11) is 1.35. The van der Waals surface area contributed by atoms with Crippen molar-refractivity contribution in [3.63, 3.8) is 0 Å². The van der Waals surface area contributed by atoms with E-state index < -0.39 is 11.9 Å². The van der Waals surface area contributed by atoms with Crippen LogP contribution < -0.4 is 5.32 Å². The molecule has 0 saturated heterocycles. The third-order valence-corrected chi connectivity index (χ3v) is 4.66. The molecule has 146 valence electrons. The molecule has 1 unspecified atom stereocenters. The number of carbonyl (C=O) groups excluding carboxylic acids is 2. The van der Waals surface area contributed by atoms with Gasteiger partial charge < -0.3 is 14.8 Å². The molecule has 1 aliphatic heterocycles. The average molecular weight is 372 g/mol. The van der Waals surface area contributed by atoms with Gasteiger partial charge in [-0.05, 0) is 44.2 Å². The number of pyridine rings is 1. The monoisotopic (exact) mass is 372 g/mol. The minimum Gasteiger partial charge on any atom is -0.466 e.